The summed E-state index contributed by atoms with van der Waals surface area (Å²) in [5.41, 5.74) is 1.69. The monoisotopic (exact) mass is 228 g/mol. The van der Waals surface area contributed by atoms with E-state index < -0.39 is 6.10 Å². The molecule has 0 aliphatic rings. The van der Waals surface area contributed by atoms with E-state index in [4.69, 9.17) is 0 Å². The van der Waals surface area contributed by atoms with Gasteiger partial charge in [-0.1, -0.05) is 36.4 Å². The van der Waals surface area contributed by atoms with Crippen LogP contribution in [0, 0.1) is 0 Å². The SMILES string of the molecule is CN(C)c1ccc(C(O)c2ccccc2)cn1. The van der Waals surface area contributed by atoms with Crippen LogP contribution in [0.2, 0.25) is 0 Å². The zero-order valence-electron chi connectivity index (χ0n) is 10.0. The highest BCUT2D eigenvalue weighted by Gasteiger charge is 2.10. The summed E-state index contributed by atoms with van der Waals surface area (Å²) in [4.78, 5) is 6.22. The van der Waals surface area contributed by atoms with E-state index in [1.807, 2.05) is 61.5 Å². The molecule has 0 amide bonds. The number of aromatic nitrogens is 1. The average molecular weight is 228 g/mol. The fourth-order valence-electron chi connectivity index (χ4n) is 1.65. The molecule has 17 heavy (non-hydrogen) atoms. The predicted octanol–water partition coefficient (Wildman–Crippen LogP) is 2.23. The Morgan fingerprint density at radius 2 is 1.71 bits per heavy atom. The van der Waals surface area contributed by atoms with Gasteiger partial charge in [0.15, 0.2) is 0 Å². The minimum Gasteiger partial charge on any atom is -0.384 e. The lowest BCUT2D eigenvalue weighted by atomic mass is 10.0. The molecule has 3 nitrogen and oxygen atoms in total. The largest absolute Gasteiger partial charge is 0.384 e. The molecule has 0 radical (unpaired) electrons. The Hall–Kier alpha value is -1.87. The molecule has 1 aromatic carbocycles. The third-order valence-corrected chi connectivity index (χ3v) is 2.66. The van der Waals surface area contributed by atoms with Gasteiger partial charge in [-0.15, -0.1) is 0 Å². The normalized spacial score (nSPS) is 12.2. The van der Waals surface area contributed by atoms with Crippen molar-refractivity contribution in [2.45, 2.75) is 6.10 Å². The van der Waals surface area contributed by atoms with Gasteiger partial charge < -0.3 is 10.0 Å². The second-order valence-electron chi connectivity index (χ2n) is 4.16. The summed E-state index contributed by atoms with van der Waals surface area (Å²) in [6.45, 7) is 0. The zero-order valence-corrected chi connectivity index (χ0v) is 10.0. The fraction of sp³-hybridized carbons (Fsp3) is 0.214. The molecule has 88 valence electrons. The number of pyridine rings is 1. The molecule has 2 aromatic rings. The van der Waals surface area contributed by atoms with Crippen molar-refractivity contribution in [3.05, 3.63) is 59.8 Å². The number of aliphatic hydroxyl groups excluding tert-OH is 1. The summed E-state index contributed by atoms with van der Waals surface area (Å²) >= 11 is 0. The lowest BCUT2D eigenvalue weighted by Crippen LogP contribution is -2.11. The van der Waals surface area contributed by atoms with Crippen molar-refractivity contribution in [2.75, 3.05) is 19.0 Å². The van der Waals surface area contributed by atoms with Gasteiger partial charge in [-0.25, -0.2) is 4.98 Å². The van der Waals surface area contributed by atoms with Gasteiger partial charge in [0, 0.05) is 25.9 Å². The Morgan fingerprint density at radius 1 is 1.00 bits per heavy atom. The molecule has 1 heterocycles. The highest BCUT2D eigenvalue weighted by molar-refractivity contribution is 5.39. The van der Waals surface area contributed by atoms with Gasteiger partial charge in [0.25, 0.3) is 0 Å². The van der Waals surface area contributed by atoms with Crippen molar-refractivity contribution in [1.82, 2.24) is 4.98 Å². The van der Waals surface area contributed by atoms with Crippen LogP contribution in [-0.4, -0.2) is 24.2 Å². The van der Waals surface area contributed by atoms with Crippen LogP contribution in [-0.2, 0) is 0 Å². The molecule has 1 N–H and O–H groups in total. The summed E-state index contributed by atoms with van der Waals surface area (Å²) in [6.07, 6.45) is 1.10. The first-order chi connectivity index (χ1) is 8.18. The first kappa shape index (κ1) is 11.6. The second kappa shape index (κ2) is 4.97. The maximum atomic E-state index is 10.2. The Morgan fingerprint density at radius 3 is 2.24 bits per heavy atom. The van der Waals surface area contributed by atoms with Crippen molar-refractivity contribution in [2.24, 2.45) is 0 Å². The molecule has 0 aliphatic carbocycles. The molecule has 0 fully saturated rings. The third-order valence-electron chi connectivity index (χ3n) is 2.66. The summed E-state index contributed by atoms with van der Waals surface area (Å²) in [7, 11) is 3.88. The Labute approximate surface area is 101 Å². The van der Waals surface area contributed by atoms with Crippen LogP contribution < -0.4 is 4.90 Å². The van der Waals surface area contributed by atoms with Crippen LogP contribution >= 0.6 is 0 Å². The van der Waals surface area contributed by atoms with Gasteiger partial charge >= 0.3 is 0 Å². The number of hydrogen-bond acceptors (Lipinski definition) is 3. The molecule has 2 rings (SSSR count). The number of anilines is 1. The second-order valence-corrected chi connectivity index (χ2v) is 4.16. The van der Waals surface area contributed by atoms with Gasteiger partial charge in [0.2, 0.25) is 0 Å². The van der Waals surface area contributed by atoms with Crippen molar-refractivity contribution in [1.29, 1.82) is 0 Å². The van der Waals surface area contributed by atoms with Crippen LogP contribution in [0.15, 0.2) is 48.7 Å². The summed E-state index contributed by atoms with van der Waals surface area (Å²) in [5.74, 6) is 0.883. The minimum atomic E-state index is -0.611. The minimum absolute atomic E-state index is 0.611. The van der Waals surface area contributed by atoms with Crippen LogP contribution in [0.25, 0.3) is 0 Å². The van der Waals surface area contributed by atoms with Crippen LogP contribution in [0.4, 0.5) is 5.82 Å². The molecular formula is C14H16N2O. The number of rotatable bonds is 3. The molecule has 0 saturated carbocycles. The lowest BCUT2D eigenvalue weighted by Gasteiger charge is -2.14. The van der Waals surface area contributed by atoms with Crippen molar-refractivity contribution in [3.63, 3.8) is 0 Å². The highest BCUT2D eigenvalue weighted by atomic mass is 16.3. The topological polar surface area (TPSA) is 36.4 Å². The molecule has 1 aromatic heterocycles. The number of aliphatic hydroxyl groups is 1. The zero-order chi connectivity index (χ0) is 12.3. The van der Waals surface area contributed by atoms with E-state index in [1.54, 1.807) is 6.20 Å². The van der Waals surface area contributed by atoms with E-state index in [2.05, 4.69) is 4.98 Å². The molecule has 1 unspecified atom stereocenters. The smallest absolute Gasteiger partial charge is 0.127 e. The van der Waals surface area contributed by atoms with E-state index in [-0.39, 0.29) is 0 Å². The molecule has 3 heteroatoms. The van der Waals surface area contributed by atoms with Crippen molar-refractivity contribution >= 4 is 5.82 Å². The molecular weight excluding hydrogens is 212 g/mol. The van der Waals surface area contributed by atoms with E-state index in [0.717, 1.165) is 16.9 Å². The number of hydrogen-bond donors (Lipinski definition) is 1. The van der Waals surface area contributed by atoms with Crippen molar-refractivity contribution in [3.8, 4) is 0 Å². The van der Waals surface area contributed by atoms with Crippen molar-refractivity contribution < 1.29 is 5.11 Å². The maximum Gasteiger partial charge on any atom is 0.127 e. The van der Waals surface area contributed by atoms with E-state index >= 15 is 0 Å². The first-order valence-corrected chi connectivity index (χ1v) is 5.55. The molecule has 0 spiro atoms. The maximum absolute atomic E-state index is 10.2. The van der Waals surface area contributed by atoms with Gasteiger partial charge in [-0.3, -0.25) is 0 Å². The van der Waals surface area contributed by atoms with Crippen LogP contribution in [0.5, 0.6) is 0 Å². The van der Waals surface area contributed by atoms with Gasteiger partial charge in [0.1, 0.15) is 11.9 Å². The number of benzene rings is 1. The number of nitrogens with zero attached hydrogens (tertiary/aromatic N) is 2. The first-order valence-electron chi connectivity index (χ1n) is 5.55. The summed E-state index contributed by atoms with van der Waals surface area (Å²) < 4.78 is 0. The highest BCUT2D eigenvalue weighted by Crippen LogP contribution is 2.21. The Bertz CT molecular complexity index is 465. The summed E-state index contributed by atoms with van der Waals surface area (Å²) in [5, 5.41) is 10.2. The van der Waals surface area contributed by atoms with Gasteiger partial charge in [-0.05, 0) is 11.6 Å². The predicted molar refractivity (Wildman–Crippen MR) is 69.1 cm³/mol. The molecule has 1 atom stereocenters. The van der Waals surface area contributed by atoms with Gasteiger partial charge in [-0.2, -0.15) is 0 Å². The average Bonchev–Trinajstić information content (AvgIpc) is 2.39. The van der Waals surface area contributed by atoms with Gasteiger partial charge in [0.05, 0.1) is 0 Å². The fourth-order valence-corrected chi connectivity index (χ4v) is 1.65. The third kappa shape index (κ3) is 2.63. The van der Waals surface area contributed by atoms with Crippen LogP contribution in [0.1, 0.15) is 17.2 Å². The van der Waals surface area contributed by atoms with E-state index in [0.29, 0.717) is 0 Å². The molecule has 0 bridgehead atoms. The Kier molecular flexibility index (Phi) is 3.40. The molecule has 0 saturated heterocycles. The van der Waals surface area contributed by atoms with E-state index in [1.165, 1.54) is 0 Å². The lowest BCUT2D eigenvalue weighted by molar-refractivity contribution is 0.220. The quantitative estimate of drug-likeness (QED) is 0.875. The van der Waals surface area contributed by atoms with Crippen LogP contribution in [0.3, 0.4) is 0 Å². The standard InChI is InChI=1S/C14H16N2O/c1-16(2)13-9-8-12(10-15-13)14(17)11-6-4-3-5-7-11/h3-10,14,17H,1-2H3. The molecule has 0 aliphatic heterocycles. The van der Waals surface area contributed by atoms with E-state index in [9.17, 15) is 5.11 Å². The Balaban J connectivity index is 2.23. The summed E-state index contributed by atoms with van der Waals surface area (Å²) in [6, 6.07) is 13.4.